The predicted molar refractivity (Wildman–Crippen MR) is 59.2 cm³/mol. The van der Waals surface area contributed by atoms with Crippen molar-refractivity contribution >= 4 is 0 Å². The fraction of sp³-hybridized carbons (Fsp3) is 0.583. The molecule has 16 heavy (non-hydrogen) atoms. The molecule has 0 amide bonds. The van der Waals surface area contributed by atoms with Gasteiger partial charge in [-0.3, -0.25) is 4.98 Å². The van der Waals surface area contributed by atoms with Crippen LogP contribution < -0.4 is 0 Å². The first-order valence-electron chi connectivity index (χ1n) is 5.56. The summed E-state index contributed by atoms with van der Waals surface area (Å²) in [6, 6.07) is 1.20. The van der Waals surface area contributed by atoms with Gasteiger partial charge in [0, 0.05) is 11.8 Å². The zero-order chi connectivity index (χ0) is 12.1. The Balaban J connectivity index is 2.80. The van der Waals surface area contributed by atoms with Crippen molar-refractivity contribution in [2.75, 3.05) is 0 Å². The SMILES string of the molecule is CCC(CC)C(O)C(O)c1cncc(F)c1. The minimum Gasteiger partial charge on any atom is -0.390 e. The maximum absolute atomic E-state index is 12.9. The standard InChI is InChI=1S/C12H18FNO2/c1-3-8(4-2)11(15)12(16)9-5-10(13)7-14-6-9/h5-8,11-12,15-16H,3-4H2,1-2H3. The van der Waals surface area contributed by atoms with Gasteiger partial charge in [-0.05, 0) is 12.0 Å². The molecule has 2 unspecified atom stereocenters. The number of aliphatic hydroxyl groups excluding tert-OH is 2. The number of rotatable bonds is 5. The van der Waals surface area contributed by atoms with Crippen LogP contribution in [0, 0.1) is 11.7 Å². The Kier molecular flexibility index (Phi) is 4.83. The van der Waals surface area contributed by atoms with Crippen LogP contribution in [0.4, 0.5) is 4.39 Å². The van der Waals surface area contributed by atoms with E-state index in [0.29, 0.717) is 5.56 Å². The molecular weight excluding hydrogens is 209 g/mol. The summed E-state index contributed by atoms with van der Waals surface area (Å²) in [5.74, 6) is -0.494. The highest BCUT2D eigenvalue weighted by Gasteiger charge is 2.25. The number of aromatic nitrogens is 1. The lowest BCUT2D eigenvalue weighted by atomic mass is 9.90. The lowest BCUT2D eigenvalue weighted by Gasteiger charge is -2.25. The van der Waals surface area contributed by atoms with Crippen molar-refractivity contribution in [3.05, 3.63) is 29.8 Å². The summed E-state index contributed by atoms with van der Waals surface area (Å²) in [5.41, 5.74) is 0.319. The minimum absolute atomic E-state index is 0.0123. The number of nitrogens with zero attached hydrogens (tertiary/aromatic N) is 1. The van der Waals surface area contributed by atoms with Crippen molar-refractivity contribution < 1.29 is 14.6 Å². The fourth-order valence-corrected chi connectivity index (χ4v) is 1.82. The van der Waals surface area contributed by atoms with Crippen LogP contribution >= 0.6 is 0 Å². The van der Waals surface area contributed by atoms with Gasteiger partial charge < -0.3 is 10.2 Å². The van der Waals surface area contributed by atoms with Gasteiger partial charge in [0.25, 0.3) is 0 Å². The molecule has 1 aromatic rings. The summed E-state index contributed by atoms with van der Waals surface area (Å²) in [6.45, 7) is 3.90. The van der Waals surface area contributed by atoms with Gasteiger partial charge >= 0.3 is 0 Å². The smallest absolute Gasteiger partial charge is 0.141 e. The summed E-state index contributed by atoms with van der Waals surface area (Å²) in [7, 11) is 0. The highest BCUT2D eigenvalue weighted by atomic mass is 19.1. The maximum atomic E-state index is 12.9. The third kappa shape index (κ3) is 3.00. The average molecular weight is 227 g/mol. The Morgan fingerprint density at radius 1 is 1.25 bits per heavy atom. The second-order valence-corrected chi connectivity index (χ2v) is 3.95. The van der Waals surface area contributed by atoms with E-state index in [1.165, 1.54) is 12.3 Å². The highest BCUT2D eigenvalue weighted by molar-refractivity contribution is 5.14. The molecule has 0 saturated carbocycles. The molecule has 0 bridgehead atoms. The second-order valence-electron chi connectivity index (χ2n) is 3.95. The monoisotopic (exact) mass is 227 g/mol. The summed E-state index contributed by atoms with van der Waals surface area (Å²) in [6.07, 6.45) is 2.04. The second kappa shape index (κ2) is 5.92. The summed E-state index contributed by atoms with van der Waals surface area (Å²) in [4.78, 5) is 3.65. The van der Waals surface area contributed by atoms with E-state index in [9.17, 15) is 14.6 Å². The molecule has 0 aliphatic carbocycles. The van der Waals surface area contributed by atoms with Crippen LogP contribution in [-0.4, -0.2) is 21.3 Å². The number of hydrogen-bond acceptors (Lipinski definition) is 3. The summed E-state index contributed by atoms with van der Waals surface area (Å²) in [5, 5.41) is 19.8. The Hall–Kier alpha value is -1.00. The maximum Gasteiger partial charge on any atom is 0.141 e. The number of halogens is 1. The van der Waals surface area contributed by atoms with Crippen LogP contribution in [0.1, 0.15) is 38.4 Å². The quantitative estimate of drug-likeness (QED) is 0.809. The number of aliphatic hydroxyl groups is 2. The Bertz CT molecular complexity index is 329. The Morgan fingerprint density at radius 2 is 1.88 bits per heavy atom. The van der Waals surface area contributed by atoms with Crippen molar-refractivity contribution in [1.82, 2.24) is 4.98 Å². The molecular formula is C12H18FNO2. The van der Waals surface area contributed by atoms with Crippen LogP contribution in [-0.2, 0) is 0 Å². The molecule has 0 spiro atoms. The van der Waals surface area contributed by atoms with E-state index < -0.39 is 18.0 Å². The number of hydrogen-bond donors (Lipinski definition) is 2. The lowest BCUT2D eigenvalue weighted by Crippen LogP contribution is -2.27. The molecule has 1 heterocycles. The number of pyridine rings is 1. The molecule has 0 fully saturated rings. The molecule has 0 aliphatic heterocycles. The van der Waals surface area contributed by atoms with Gasteiger partial charge in [0.05, 0.1) is 12.3 Å². The zero-order valence-electron chi connectivity index (χ0n) is 9.60. The van der Waals surface area contributed by atoms with Crippen LogP contribution in [0.3, 0.4) is 0 Å². The molecule has 2 N–H and O–H groups in total. The van der Waals surface area contributed by atoms with E-state index in [1.807, 2.05) is 13.8 Å². The van der Waals surface area contributed by atoms with Gasteiger partial charge in [0.1, 0.15) is 11.9 Å². The molecule has 0 radical (unpaired) electrons. The Morgan fingerprint density at radius 3 is 2.38 bits per heavy atom. The van der Waals surface area contributed by atoms with Crippen molar-refractivity contribution in [2.45, 2.75) is 38.9 Å². The van der Waals surface area contributed by atoms with Gasteiger partial charge in [-0.2, -0.15) is 0 Å². The van der Waals surface area contributed by atoms with E-state index in [1.54, 1.807) is 0 Å². The van der Waals surface area contributed by atoms with Crippen molar-refractivity contribution in [3.8, 4) is 0 Å². The molecule has 0 saturated heterocycles. The van der Waals surface area contributed by atoms with E-state index in [4.69, 9.17) is 0 Å². The molecule has 1 rings (SSSR count). The summed E-state index contributed by atoms with van der Waals surface area (Å²) >= 11 is 0. The average Bonchev–Trinajstić information content (AvgIpc) is 2.29. The lowest BCUT2D eigenvalue weighted by molar-refractivity contribution is -0.0212. The third-order valence-corrected chi connectivity index (χ3v) is 2.92. The van der Waals surface area contributed by atoms with Crippen LogP contribution in [0.2, 0.25) is 0 Å². The van der Waals surface area contributed by atoms with Gasteiger partial charge in [0.15, 0.2) is 0 Å². The van der Waals surface area contributed by atoms with E-state index in [-0.39, 0.29) is 5.92 Å². The Labute approximate surface area is 95.0 Å². The highest BCUT2D eigenvalue weighted by Crippen LogP contribution is 2.25. The van der Waals surface area contributed by atoms with Crippen LogP contribution in [0.5, 0.6) is 0 Å². The van der Waals surface area contributed by atoms with E-state index in [2.05, 4.69) is 4.98 Å². The van der Waals surface area contributed by atoms with Crippen LogP contribution in [0.15, 0.2) is 18.5 Å². The molecule has 4 heteroatoms. The largest absolute Gasteiger partial charge is 0.390 e. The van der Waals surface area contributed by atoms with Crippen molar-refractivity contribution in [1.29, 1.82) is 0 Å². The molecule has 0 aliphatic rings. The van der Waals surface area contributed by atoms with Gasteiger partial charge in [-0.25, -0.2) is 4.39 Å². The van der Waals surface area contributed by atoms with E-state index >= 15 is 0 Å². The molecule has 1 aromatic heterocycles. The first-order chi connectivity index (χ1) is 7.60. The normalized spacial score (nSPS) is 15.1. The molecule has 0 aromatic carbocycles. The van der Waals surface area contributed by atoms with Crippen molar-refractivity contribution in [2.24, 2.45) is 5.92 Å². The molecule has 90 valence electrons. The van der Waals surface area contributed by atoms with Gasteiger partial charge in [-0.1, -0.05) is 26.7 Å². The topological polar surface area (TPSA) is 53.4 Å². The summed E-state index contributed by atoms with van der Waals surface area (Å²) < 4.78 is 12.9. The van der Waals surface area contributed by atoms with Gasteiger partial charge in [0.2, 0.25) is 0 Å². The third-order valence-electron chi connectivity index (χ3n) is 2.92. The van der Waals surface area contributed by atoms with Gasteiger partial charge in [-0.15, -0.1) is 0 Å². The minimum atomic E-state index is -1.08. The first kappa shape index (κ1) is 13.1. The predicted octanol–water partition coefficient (Wildman–Crippen LogP) is 2.05. The van der Waals surface area contributed by atoms with E-state index in [0.717, 1.165) is 19.0 Å². The fourth-order valence-electron chi connectivity index (χ4n) is 1.82. The molecule has 3 nitrogen and oxygen atoms in total. The van der Waals surface area contributed by atoms with Crippen molar-refractivity contribution in [3.63, 3.8) is 0 Å². The zero-order valence-corrected chi connectivity index (χ0v) is 9.60. The first-order valence-corrected chi connectivity index (χ1v) is 5.56. The van der Waals surface area contributed by atoms with Crippen LogP contribution in [0.25, 0.3) is 0 Å². The molecule has 2 atom stereocenters.